The van der Waals surface area contributed by atoms with Gasteiger partial charge in [-0.25, -0.2) is 4.39 Å². The Kier molecular flexibility index (Phi) is 8.71. The molecule has 0 amide bonds. The third-order valence-electron chi connectivity index (χ3n) is 7.60. The minimum absolute atomic E-state index is 0.0408. The van der Waals surface area contributed by atoms with Crippen LogP contribution in [0.4, 0.5) is 17.6 Å². The average Bonchev–Trinajstić information content (AvgIpc) is 3.25. The predicted octanol–water partition coefficient (Wildman–Crippen LogP) is 9.65. The molecule has 3 nitrogen and oxygen atoms in total. The molecular weight excluding hydrogens is 520 g/mol. The second-order valence-corrected chi connectivity index (χ2v) is 11.1. The standard InChI is InChI=1S/C33H34F4O3/c1-4-7-22(18-31(38)39)23-8-5-9-25(17-23)40-20-21-11-13-26(27(16-21)29-10-6-15-32(29,2)3)28-19-24(33(35,36)37)12-14-30(28)34/h5,8-14,16-17,19,22H,4,6-7,15,18,20H2,1-3H3,(H,38,39)/t22-/m0/s1. The van der Waals surface area contributed by atoms with E-state index in [1.54, 1.807) is 12.1 Å². The molecule has 4 rings (SSSR count). The Morgan fingerprint density at radius 1 is 1.02 bits per heavy atom. The SMILES string of the molecule is CCC[C@@H](CC(=O)O)c1cccc(OCc2ccc(-c3cc(C(F)(F)F)ccc3F)c(C3=CCCC3(C)C)c2)c1. The summed E-state index contributed by atoms with van der Waals surface area (Å²) in [5.41, 5.74) is 2.55. The number of ether oxygens (including phenoxy) is 1. The monoisotopic (exact) mass is 554 g/mol. The van der Waals surface area contributed by atoms with Gasteiger partial charge in [0.25, 0.3) is 0 Å². The summed E-state index contributed by atoms with van der Waals surface area (Å²) in [7, 11) is 0. The van der Waals surface area contributed by atoms with Gasteiger partial charge in [-0.2, -0.15) is 13.2 Å². The molecule has 212 valence electrons. The van der Waals surface area contributed by atoms with E-state index in [1.807, 2.05) is 37.3 Å². The number of halogens is 4. The molecule has 0 fully saturated rings. The molecule has 0 unspecified atom stereocenters. The Labute approximate surface area is 232 Å². The maximum Gasteiger partial charge on any atom is 0.416 e. The first kappa shape index (κ1) is 29.4. The highest BCUT2D eigenvalue weighted by molar-refractivity contribution is 5.85. The maximum atomic E-state index is 15.0. The van der Waals surface area contributed by atoms with E-state index in [9.17, 15) is 27.5 Å². The van der Waals surface area contributed by atoms with Crippen molar-refractivity contribution in [2.75, 3.05) is 0 Å². The zero-order chi connectivity index (χ0) is 29.1. The fraction of sp³-hybridized carbons (Fsp3) is 0.364. The van der Waals surface area contributed by atoms with Crippen LogP contribution in [0.25, 0.3) is 16.7 Å². The van der Waals surface area contributed by atoms with Crippen LogP contribution >= 0.6 is 0 Å². The molecule has 3 aromatic carbocycles. The minimum atomic E-state index is -4.59. The number of carboxylic acid groups (broad SMARTS) is 1. The molecule has 0 radical (unpaired) electrons. The van der Waals surface area contributed by atoms with Crippen molar-refractivity contribution in [3.63, 3.8) is 0 Å². The van der Waals surface area contributed by atoms with Crippen LogP contribution in [0.15, 0.2) is 66.7 Å². The van der Waals surface area contributed by atoms with Gasteiger partial charge in [-0.3, -0.25) is 4.79 Å². The first-order valence-electron chi connectivity index (χ1n) is 13.5. The highest BCUT2D eigenvalue weighted by atomic mass is 19.4. The van der Waals surface area contributed by atoms with Gasteiger partial charge in [0.1, 0.15) is 18.2 Å². The van der Waals surface area contributed by atoms with Crippen LogP contribution in [0, 0.1) is 11.2 Å². The van der Waals surface area contributed by atoms with E-state index in [0.717, 1.165) is 60.6 Å². The minimum Gasteiger partial charge on any atom is -0.489 e. The number of hydrogen-bond donors (Lipinski definition) is 1. The molecule has 0 bridgehead atoms. The Balaban J connectivity index is 1.68. The number of aliphatic carboxylic acids is 1. The van der Waals surface area contributed by atoms with Crippen molar-refractivity contribution in [3.8, 4) is 16.9 Å². The summed E-state index contributed by atoms with van der Waals surface area (Å²) in [4.78, 5) is 11.3. The molecule has 1 aliphatic rings. The molecule has 3 aromatic rings. The van der Waals surface area contributed by atoms with Crippen LogP contribution in [-0.4, -0.2) is 11.1 Å². The Morgan fingerprint density at radius 3 is 2.45 bits per heavy atom. The lowest BCUT2D eigenvalue weighted by Crippen LogP contribution is -2.11. The van der Waals surface area contributed by atoms with Gasteiger partial charge in [0, 0.05) is 5.56 Å². The quantitative estimate of drug-likeness (QED) is 0.254. The van der Waals surface area contributed by atoms with Gasteiger partial charge in [0.05, 0.1) is 12.0 Å². The van der Waals surface area contributed by atoms with Gasteiger partial charge >= 0.3 is 12.1 Å². The molecule has 0 saturated carbocycles. The van der Waals surface area contributed by atoms with Gasteiger partial charge in [-0.05, 0) is 94.8 Å². The van der Waals surface area contributed by atoms with Crippen molar-refractivity contribution in [1.29, 1.82) is 0 Å². The first-order valence-corrected chi connectivity index (χ1v) is 13.5. The summed E-state index contributed by atoms with van der Waals surface area (Å²) in [6, 6.07) is 15.2. The van der Waals surface area contributed by atoms with Crippen LogP contribution in [0.1, 0.15) is 81.0 Å². The van der Waals surface area contributed by atoms with Crippen molar-refractivity contribution >= 4 is 11.5 Å². The van der Waals surface area contributed by atoms with E-state index >= 15 is 0 Å². The Morgan fingerprint density at radius 2 is 1.80 bits per heavy atom. The second kappa shape index (κ2) is 11.9. The van der Waals surface area contributed by atoms with Gasteiger partial charge < -0.3 is 9.84 Å². The van der Waals surface area contributed by atoms with Crippen molar-refractivity contribution < 1.29 is 32.2 Å². The smallest absolute Gasteiger partial charge is 0.416 e. The molecule has 1 aliphatic carbocycles. The molecule has 0 aliphatic heterocycles. The van der Waals surface area contributed by atoms with E-state index in [-0.39, 0.29) is 29.9 Å². The molecule has 0 heterocycles. The van der Waals surface area contributed by atoms with Crippen molar-refractivity contribution in [3.05, 3.63) is 94.8 Å². The molecule has 0 saturated heterocycles. The zero-order valence-corrected chi connectivity index (χ0v) is 22.9. The van der Waals surface area contributed by atoms with Crippen LogP contribution in [-0.2, 0) is 17.6 Å². The summed E-state index contributed by atoms with van der Waals surface area (Å²) in [5.74, 6) is -1.08. The average molecular weight is 555 g/mol. The molecule has 0 aromatic heterocycles. The van der Waals surface area contributed by atoms with E-state index in [4.69, 9.17) is 4.74 Å². The lowest BCUT2D eigenvalue weighted by molar-refractivity contribution is -0.138. The van der Waals surface area contributed by atoms with Crippen molar-refractivity contribution in [2.45, 2.75) is 71.6 Å². The molecular formula is C33H34F4O3. The van der Waals surface area contributed by atoms with Crippen LogP contribution in [0.5, 0.6) is 5.75 Å². The van der Waals surface area contributed by atoms with E-state index in [2.05, 4.69) is 19.9 Å². The highest BCUT2D eigenvalue weighted by Gasteiger charge is 2.33. The van der Waals surface area contributed by atoms with Gasteiger partial charge in [-0.15, -0.1) is 0 Å². The first-order chi connectivity index (χ1) is 18.9. The second-order valence-electron chi connectivity index (χ2n) is 11.1. The number of carboxylic acids is 1. The van der Waals surface area contributed by atoms with Crippen LogP contribution < -0.4 is 4.74 Å². The third kappa shape index (κ3) is 6.75. The van der Waals surface area contributed by atoms with Crippen molar-refractivity contribution in [1.82, 2.24) is 0 Å². The zero-order valence-electron chi connectivity index (χ0n) is 22.9. The van der Waals surface area contributed by atoms with E-state index in [1.165, 1.54) is 0 Å². The normalized spacial score (nSPS) is 15.5. The number of allylic oxidation sites excluding steroid dienone is 2. The van der Waals surface area contributed by atoms with Gasteiger partial charge in [0.2, 0.25) is 0 Å². The van der Waals surface area contributed by atoms with Crippen LogP contribution in [0.2, 0.25) is 0 Å². The fourth-order valence-corrected chi connectivity index (χ4v) is 5.48. The molecule has 1 atom stereocenters. The number of benzene rings is 3. The van der Waals surface area contributed by atoms with Crippen LogP contribution in [0.3, 0.4) is 0 Å². The number of alkyl halides is 3. The predicted molar refractivity (Wildman–Crippen MR) is 149 cm³/mol. The Hall–Kier alpha value is -3.61. The van der Waals surface area contributed by atoms with Gasteiger partial charge in [-0.1, -0.05) is 57.5 Å². The van der Waals surface area contributed by atoms with E-state index in [0.29, 0.717) is 16.9 Å². The largest absolute Gasteiger partial charge is 0.489 e. The molecule has 1 N–H and O–H groups in total. The summed E-state index contributed by atoms with van der Waals surface area (Å²) < 4.78 is 61.4. The summed E-state index contributed by atoms with van der Waals surface area (Å²) in [5, 5.41) is 9.31. The topological polar surface area (TPSA) is 46.5 Å². The number of rotatable bonds is 10. The maximum absolute atomic E-state index is 15.0. The lowest BCUT2D eigenvalue weighted by atomic mass is 9.79. The summed E-state index contributed by atoms with van der Waals surface area (Å²) in [6.45, 7) is 6.36. The van der Waals surface area contributed by atoms with Gasteiger partial charge in [0.15, 0.2) is 0 Å². The van der Waals surface area contributed by atoms with Crippen molar-refractivity contribution in [2.24, 2.45) is 5.41 Å². The van der Waals surface area contributed by atoms with E-state index < -0.39 is 23.5 Å². The molecule has 0 spiro atoms. The highest BCUT2D eigenvalue weighted by Crippen LogP contribution is 2.47. The molecule has 40 heavy (non-hydrogen) atoms. The summed E-state index contributed by atoms with van der Waals surface area (Å²) >= 11 is 0. The summed E-state index contributed by atoms with van der Waals surface area (Å²) in [6.07, 6.45) is 0.852. The third-order valence-corrected chi connectivity index (χ3v) is 7.60. The molecule has 7 heteroatoms. The number of carbonyl (C=O) groups is 1. The Bertz CT molecular complexity index is 1410. The number of hydrogen-bond acceptors (Lipinski definition) is 2. The lowest BCUT2D eigenvalue weighted by Gasteiger charge is -2.26. The fourth-order valence-electron chi connectivity index (χ4n) is 5.48.